The van der Waals surface area contributed by atoms with Crippen LogP contribution in [0.15, 0.2) is 54.1 Å². The molecule has 0 bridgehead atoms. The minimum atomic E-state index is -0.804. The fourth-order valence-corrected chi connectivity index (χ4v) is 3.56. The lowest BCUT2D eigenvalue weighted by molar-refractivity contribution is -0.140. The summed E-state index contributed by atoms with van der Waals surface area (Å²) in [6.07, 6.45) is 0.530. The summed E-state index contributed by atoms with van der Waals surface area (Å²) in [4.78, 5) is 27.1. The van der Waals surface area contributed by atoms with Crippen molar-refractivity contribution < 1.29 is 29.3 Å². The molecular weight excluding hydrogens is 386 g/mol. The quantitative estimate of drug-likeness (QED) is 0.300. The lowest BCUT2D eigenvalue weighted by Crippen LogP contribution is -2.31. The van der Waals surface area contributed by atoms with Crippen molar-refractivity contribution in [1.29, 1.82) is 0 Å². The van der Waals surface area contributed by atoms with Gasteiger partial charge in [-0.3, -0.25) is 9.59 Å². The molecule has 1 saturated heterocycles. The number of likely N-dealkylation sites (tertiary alicyclic amines) is 1. The Kier molecular flexibility index (Phi) is 6.74. The number of aliphatic hydroxyl groups excluding tert-OH is 1. The van der Waals surface area contributed by atoms with Crippen molar-refractivity contribution >= 4 is 17.4 Å². The zero-order valence-electron chi connectivity index (χ0n) is 17.0. The fourth-order valence-electron chi connectivity index (χ4n) is 3.56. The summed E-state index contributed by atoms with van der Waals surface area (Å²) < 4.78 is 10.5. The Hall–Kier alpha value is -3.32. The fraction of sp³-hybridized carbons (Fsp3) is 0.304. The van der Waals surface area contributed by atoms with Crippen LogP contribution < -0.4 is 4.74 Å². The van der Waals surface area contributed by atoms with Crippen molar-refractivity contribution in [2.24, 2.45) is 0 Å². The second-order valence-corrected chi connectivity index (χ2v) is 6.87. The standard InChI is InChI=1S/C23H25NO6/c1-3-30-18-14-16(10-11-17(18)25)20-19(21(26)15-8-5-4-6-9-15)22(27)23(28)24(20)12-7-13-29-2/h4-6,8-11,14,20,25-26H,3,7,12-13H2,1-2H3/t20-/m0/s1. The van der Waals surface area contributed by atoms with Crippen molar-refractivity contribution in [2.45, 2.75) is 19.4 Å². The average molecular weight is 411 g/mol. The molecule has 2 aromatic rings. The van der Waals surface area contributed by atoms with Crippen LogP contribution in [0.2, 0.25) is 0 Å². The monoisotopic (exact) mass is 411 g/mol. The first-order chi connectivity index (χ1) is 14.5. The van der Waals surface area contributed by atoms with Crippen LogP contribution in [0.3, 0.4) is 0 Å². The number of carbonyl (C=O) groups excluding carboxylic acids is 2. The third kappa shape index (κ3) is 4.16. The van der Waals surface area contributed by atoms with E-state index in [1.165, 1.54) is 11.0 Å². The summed E-state index contributed by atoms with van der Waals surface area (Å²) in [5, 5.41) is 21.0. The number of phenols is 1. The molecule has 0 aliphatic carbocycles. The predicted octanol–water partition coefficient (Wildman–Crippen LogP) is 3.25. The maximum atomic E-state index is 12.9. The molecule has 7 heteroatoms. The molecule has 1 aliphatic heterocycles. The number of amides is 1. The normalized spacial score (nSPS) is 18.1. The molecule has 1 fully saturated rings. The molecule has 0 unspecified atom stereocenters. The minimum absolute atomic E-state index is 0.0109. The number of aromatic hydroxyl groups is 1. The molecule has 1 atom stereocenters. The Morgan fingerprint density at radius 3 is 2.53 bits per heavy atom. The molecule has 1 heterocycles. The Morgan fingerprint density at radius 2 is 1.87 bits per heavy atom. The van der Waals surface area contributed by atoms with Crippen LogP contribution in [-0.4, -0.2) is 53.7 Å². The molecule has 2 N–H and O–H groups in total. The highest BCUT2D eigenvalue weighted by atomic mass is 16.5. The number of ketones is 1. The van der Waals surface area contributed by atoms with Crippen LogP contribution >= 0.6 is 0 Å². The summed E-state index contributed by atoms with van der Waals surface area (Å²) in [6.45, 7) is 2.83. The number of carbonyl (C=O) groups is 2. The first-order valence-corrected chi connectivity index (χ1v) is 9.78. The van der Waals surface area contributed by atoms with E-state index < -0.39 is 17.7 Å². The molecule has 30 heavy (non-hydrogen) atoms. The maximum absolute atomic E-state index is 12.9. The van der Waals surface area contributed by atoms with Crippen LogP contribution in [0.1, 0.15) is 30.5 Å². The van der Waals surface area contributed by atoms with Gasteiger partial charge in [0.15, 0.2) is 11.5 Å². The highest BCUT2D eigenvalue weighted by Gasteiger charge is 2.46. The Bertz CT molecular complexity index is 953. The van der Waals surface area contributed by atoms with Gasteiger partial charge in [-0.15, -0.1) is 0 Å². The van der Waals surface area contributed by atoms with Gasteiger partial charge in [0, 0.05) is 25.8 Å². The van der Waals surface area contributed by atoms with Gasteiger partial charge in [0.25, 0.3) is 11.7 Å². The smallest absolute Gasteiger partial charge is 0.295 e. The maximum Gasteiger partial charge on any atom is 0.295 e. The van der Waals surface area contributed by atoms with Crippen molar-refractivity contribution in [3.63, 3.8) is 0 Å². The number of hydrogen-bond acceptors (Lipinski definition) is 6. The van der Waals surface area contributed by atoms with E-state index in [1.807, 2.05) is 0 Å². The van der Waals surface area contributed by atoms with Gasteiger partial charge >= 0.3 is 0 Å². The van der Waals surface area contributed by atoms with Gasteiger partial charge in [-0.25, -0.2) is 0 Å². The summed E-state index contributed by atoms with van der Waals surface area (Å²) >= 11 is 0. The summed E-state index contributed by atoms with van der Waals surface area (Å²) in [6, 6.07) is 12.5. The SMILES string of the molecule is CCOc1cc([C@H]2C(=C(O)c3ccccc3)C(=O)C(=O)N2CCCOC)ccc1O. The van der Waals surface area contributed by atoms with E-state index in [4.69, 9.17) is 9.47 Å². The summed E-state index contributed by atoms with van der Waals surface area (Å²) in [5.74, 6) is -1.46. The molecule has 0 aromatic heterocycles. The lowest BCUT2D eigenvalue weighted by Gasteiger charge is -2.25. The van der Waals surface area contributed by atoms with Gasteiger partial charge in [-0.05, 0) is 31.0 Å². The van der Waals surface area contributed by atoms with Gasteiger partial charge in [0.2, 0.25) is 0 Å². The molecule has 0 saturated carbocycles. The Labute approximate surface area is 175 Å². The number of Topliss-reactive ketones (excluding diaryl/α,β-unsaturated/α-hetero) is 1. The largest absolute Gasteiger partial charge is 0.507 e. The second kappa shape index (κ2) is 9.45. The van der Waals surface area contributed by atoms with Crippen LogP contribution in [0.5, 0.6) is 11.5 Å². The van der Waals surface area contributed by atoms with E-state index in [1.54, 1.807) is 56.5 Å². The molecule has 3 rings (SSSR count). The van der Waals surface area contributed by atoms with Crippen molar-refractivity contribution in [2.75, 3.05) is 26.9 Å². The van der Waals surface area contributed by atoms with E-state index in [2.05, 4.69) is 0 Å². The average Bonchev–Trinajstić information content (AvgIpc) is 3.01. The second-order valence-electron chi connectivity index (χ2n) is 6.87. The van der Waals surface area contributed by atoms with Crippen LogP contribution in [0.25, 0.3) is 5.76 Å². The number of benzene rings is 2. The van der Waals surface area contributed by atoms with Gasteiger partial charge in [0.05, 0.1) is 18.2 Å². The molecule has 0 spiro atoms. The molecule has 1 aliphatic rings. The Balaban J connectivity index is 2.14. The number of methoxy groups -OCH3 is 1. The zero-order chi connectivity index (χ0) is 21.7. The number of nitrogens with zero attached hydrogens (tertiary/aromatic N) is 1. The van der Waals surface area contributed by atoms with Crippen molar-refractivity contribution in [3.05, 3.63) is 65.2 Å². The highest BCUT2D eigenvalue weighted by Crippen LogP contribution is 2.41. The highest BCUT2D eigenvalue weighted by molar-refractivity contribution is 6.46. The van der Waals surface area contributed by atoms with Gasteiger partial charge in [0.1, 0.15) is 5.76 Å². The third-order valence-electron chi connectivity index (χ3n) is 4.93. The number of aliphatic hydroxyl groups is 1. The molecule has 2 aromatic carbocycles. The molecule has 158 valence electrons. The number of ether oxygens (including phenoxy) is 2. The van der Waals surface area contributed by atoms with Crippen molar-refractivity contribution in [3.8, 4) is 11.5 Å². The zero-order valence-corrected chi connectivity index (χ0v) is 17.0. The minimum Gasteiger partial charge on any atom is -0.507 e. The Morgan fingerprint density at radius 1 is 1.13 bits per heavy atom. The summed E-state index contributed by atoms with van der Waals surface area (Å²) in [7, 11) is 1.56. The van der Waals surface area contributed by atoms with Crippen molar-refractivity contribution in [1.82, 2.24) is 4.90 Å². The predicted molar refractivity (Wildman–Crippen MR) is 111 cm³/mol. The van der Waals surface area contributed by atoms with E-state index in [0.717, 1.165) is 0 Å². The molecule has 0 radical (unpaired) electrons. The first kappa shape index (κ1) is 21.4. The van der Waals surface area contributed by atoms with Gasteiger partial charge in [-0.1, -0.05) is 36.4 Å². The van der Waals surface area contributed by atoms with E-state index >= 15 is 0 Å². The first-order valence-electron chi connectivity index (χ1n) is 9.78. The van der Waals surface area contributed by atoms with E-state index in [-0.39, 0.29) is 29.4 Å². The topological polar surface area (TPSA) is 96.3 Å². The lowest BCUT2D eigenvalue weighted by atomic mass is 9.95. The van der Waals surface area contributed by atoms with Crippen LogP contribution in [0, 0.1) is 0 Å². The molecule has 1 amide bonds. The van der Waals surface area contributed by atoms with Crippen LogP contribution in [0.4, 0.5) is 0 Å². The number of hydrogen-bond donors (Lipinski definition) is 2. The van der Waals surface area contributed by atoms with E-state index in [9.17, 15) is 19.8 Å². The van der Waals surface area contributed by atoms with Crippen LogP contribution in [-0.2, 0) is 14.3 Å². The van der Waals surface area contributed by atoms with Gasteiger partial charge in [-0.2, -0.15) is 0 Å². The van der Waals surface area contributed by atoms with E-state index in [0.29, 0.717) is 30.8 Å². The number of rotatable bonds is 8. The summed E-state index contributed by atoms with van der Waals surface area (Å²) in [5.41, 5.74) is 1.02. The van der Waals surface area contributed by atoms with Gasteiger partial charge < -0.3 is 24.6 Å². The third-order valence-corrected chi connectivity index (χ3v) is 4.93. The number of phenolic OH excluding ortho intramolecular Hbond substituents is 1. The molecule has 7 nitrogen and oxygen atoms in total. The molecular formula is C23H25NO6.